The molecular formula is C51H76Cl2P2+2. The summed E-state index contributed by atoms with van der Waals surface area (Å²) in [6.45, 7) is 0. The number of alkyl halides is 1. The molecule has 0 amide bonds. The molecule has 2 aromatic rings. The van der Waals surface area contributed by atoms with Crippen molar-refractivity contribution in [2.24, 2.45) is 0 Å². The highest BCUT2D eigenvalue weighted by molar-refractivity contribution is 7.98. The third-order valence-electron chi connectivity index (χ3n) is 17.2. The third-order valence-corrected chi connectivity index (χ3v) is 34.1. The van der Waals surface area contributed by atoms with Gasteiger partial charge in [-0.15, -0.1) is 0 Å². The summed E-state index contributed by atoms with van der Waals surface area (Å²) in [5, 5.41) is 0. The number of hydrogen-bond acceptors (Lipinski definition) is 0. The van der Waals surface area contributed by atoms with Crippen LogP contribution in [0.1, 0.15) is 197 Å². The smallest absolute Gasteiger partial charge is 0.0929 e. The van der Waals surface area contributed by atoms with E-state index in [0.29, 0.717) is 5.66 Å². The first-order valence-corrected chi connectivity index (χ1v) is 28.8. The average molecular weight is 822 g/mol. The molecule has 6 saturated carbocycles. The normalized spacial score (nSPS) is 27.6. The van der Waals surface area contributed by atoms with Crippen LogP contribution in [-0.4, -0.2) is 38.3 Å². The summed E-state index contributed by atoms with van der Waals surface area (Å²) in [6.07, 6.45) is 44.1. The standard InChI is InChI=1S/C51H76Cl2P2/c52-40-39-51(53,54(44-27-12-3-13-28-44,45-29-14-4-15-30-45)46-31-16-5-17-32-46)55(47-33-18-6-19-34-47,48-35-20-7-21-36-48)49-37-22-38-50(41-49,42-23-8-1-9-24-42)43-25-10-2-11-26-43/h1-2,8-11,23-26,39-40,44-49H,3-7,12-22,27-38,41H2/q+2. The van der Waals surface area contributed by atoms with Gasteiger partial charge in [0.2, 0.25) is 0 Å². The van der Waals surface area contributed by atoms with Crippen LogP contribution in [-0.2, 0) is 5.41 Å². The molecular weight excluding hydrogens is 745 g/mol. The molecule has 6 fully saturated rings. The molecule has 4 heteroatoms. The second kappa shape index (κ2) is 18.9. The summed E-state index contributed by atoms with van der Waals surface area (Å²) in [5.41, 5.74) is 10.1. The Labute approximate surface area is 349 Å². The van der Waals surface area contributed by atoms with Gasteiger partial charge in [-0.25, -0.2) is 0 Å². The van der Waals surface area contributed by atoms with Gasteiger partial charge in [0.25, 0.3) is 4.36 Å². The quantitative estimate of drug-likeness (QED) is 0.156. The van der Waals surface area contributed by atoms with Gasteiger partial charge in [0.05, 0.1) is 48.5 Å². The molecule has 0 saturated heterocycles. The van der Waals surface area contributed by atoms with E-state index in [9.17, 15) is 11.6 Å². The van der Waals surface area contributed by atoms with Crippen LogP contribution >= 0.6 is 37.7 Å². The Bertz CT molecular complexity index is 1370. The summed E-state index contributed by atoms with van der Waals surface area (Å²) in [4.78, 5) is 0. The summed E-state index contributed by atoms with van der Waals surface area (Å²) < 4.78 is -0.237. The van der Waals surface area contributed by atoms with E-state index in [1.54, 1.807) is 11.1 Å². The molecule has 2 unspecified atom stereocenters. The zero-order chi connectivity index (χ0) is 37.6. The van der Waals surface area contributed by atoms with Crippen LogP contribution in [0.5, 0.6) is 0 Å². The van der Waals surface area contributed by atoms with E-state index in [2.05, 4.69) is 72.3 Å². The zero-order valence-electron chi connectivity index (χ0n) is 34.5. The summed E-state index contributed by atoms with van der Waals surface area (Å²) >= 11 is 17.1. The van der Waals surface area contributed by atoms with Crippen LogP contribution in [0.2, 0.25) is 0 Å². The van der Waals surface area contributed by atoms with Crippen LogP contribution in [0.4, 0.5) is 0 Å². The van der Waals surface area contributed by atoms with Gasteiger partial charge in [0, 0.05) is 17.0 Å². The molecule has 2 aromatic carbocycles. The van der Waals surface area contributed by atoms with Crippen molar-refractivity contribution in [1.82, 2.24) is 0 Å². The predicted octanol–water partition coefficient (Wildman–Crippen LogP) is 17.3. The van der Waals surface area contributed by atoms with Gasteiger partial charge in [0.1, 0.15) is 0 Å². The number of hydrogen-bond donors (Lipinski definition) is 0. The lowest BCUT2D eigenvalue weighted by Gasteiger charge is -2.62. The maximum Gasteiger partial charge on any atom is 0.269 e. The van der Waals surface area contributed by atoms with Crippen molar-refractivity contribution in [2.75, 3.05) is 0 Å². The van der Waals surface area contributed by atoms with E-state index in [1.807, 2.05) is 0 Å². The topological polar surface area (TPSA) is 0 Å². The molecule has 8 rings (SSSR count). The maximum atomic E-state index is 9.80. The minimum Gasteiger partial charge on any atom is -0.0929 e. The Hall–Kier alpha value is -0.380. The number of rotatable bonds is 11. The highest BCUT2D eigenvalue weighted by Crippen LogP contribution is 3.00. The largest absolute Gasteiger partial charge is 0.269 e. The van der Waals surface area contributed by atoms with Gasteiger partial charge in [-0.3, -0.25) is 0 Å². The Morgan fingerprint density at radius 3 is 1.07 bits per heavy atom. The van der Waals surface area contributed by atoms with Gasteiger partial charge in [0.15, 0.2) is 0 Å². The molecule has 302 valence electrons. The lowest BCUT2D eigenvalue weighted by Crippen LogP contribution is -2.54. The van der Waals surface area contributed by atoms with Crippen LogP contribution < -0.4 is 0 Å². The Kier molecular flexibility index (Phi) is 14.2. The summed E-state index contributed by atoms with van der Waals surface area (Å²) in [6, 6.07) is 23.9. The zero-order valence-corrected chi connectivity index (χ0v) is 37.8. The summed E-state index contributed by atoms with van der Waals surface area (Å²) in [5.74, 6) is 0. The molecule has 6 aliphatic rings. The highest BCUT2D eigenvalue weighted by Gasteiger charge is 2.83. The Balaban J connectivity index is 1.43. The van der Waals surface area contributed by atoms with E-state index >= 15 is 0 Å². The van der Waals surface area contributed by atoms with Gasteiger partial charge in [-0.05, 0) is 177 Å². The van der Waals surface area contributed by atoms with Crippen molar-refractivity contribution in [3.8, 4) is 0 Å². The highest BCUT2D eigenvalue weighted by atomic mass is 35.5. The van der Waals surface area contributed by atoms with E-state index in [1.165, 1.54) is 186 Å². The van der Waals surface area contributed by atoms with Crippen molar-refractivity contribution in [3.63, 3.8) is 0 Å². The first-order valence-electron chi connectivity index (χ1n) is 24.0. The van der Waals surface area contributed by atoms with E-state index < -0.39 is 14.5 Å². The SMILES string of the molecule is ClC=CC(Cl)([P+](C1CCCCC1)(C1CCCCC1)C1CCCCC1)[P+](C1CCCCC1)(C1CCCCC1)C1CCCC(c2ccccc2)(c2ccccc2)C1. The molecule has 0 aliphatic heterocycles. The van der Waals surface area contributed by atoms with Crippen molar-refractivity contribution < 1.29 is 0 Å². The first kappa shape index (κ1) is 41.4. The molecule has 6 aliphatic carbocycles. The number of halogens is 2. The van der Waals surface area contributed by atoms with E-state index in [0.717, 1.165) is 28.3 Å². The van der Waals surface area contributed by atoms with Crippen molar-refractivity contribution in [1.29, 1.82) is 0 Å². The molecule has 0 nitrogen and oxygen atoms in total. The van der Waals surface area contributed by atoms with Crippen LogP contribution in [0.15, 0.2) is 72.3 Å². The fraction of sp³-hybridized carbons (Fsp3) is 0.725. The second-order valence-electron chi connectivity index (χ2n) is 19.6. The molecule has 0 radical (unpaired) electrons. The monoisotopic (exact) mass is 820 g/mol. The Morgan fingerprint density at radius 2 is 0.745 bits per heavy atom. The van der Waals surface area contributed by atoms with Crippen LogP contribution in [0, 0.1) is 0 Å². The average Bonchev–Trinajstić information content (AvgIpc) is 3.27. The van der Waals surface area contributed by atoms with Crippen LogP contribution in [0.25, 0.3) is 0 Å². The Morgan fingerprint density at radius 1 is 0.436 bits per heavy atom. The van der Waals surface area contributed by atoms with Gasteiger partial charge in [-0.2, -0.15) is 0 Å². The minimum absolute atomic E-state index is 0.0458. The van der Waals surface area contributed by atoms with E-state index in [4.69, 9.17) is 11.6 Å². The first-order chi connectivity index (χ1) is 27.1. The number of benzene rings is 2. The number of allylic oxidation sites excluding steroid dienone is 1. The second-order valence-corrected chi connectivity index (χ2v) is 30.5. The molecule has 0 heterocycles. The van der Waals surface area contributed by atoms with Crippen molar-refractivity contribution in [3.05, 3.63) is 83.4 Å². The lowest BCUT2D eigenvalue weighted by molar-refractivity contribution is 0.342. The molecule has 2 atom stereocenters. The maximum absolute atomic E-state index is 9.80. The molecule has 0 bridgehead atoms. The van der Waals surface area contributed by atoms with Gasteiger partial charge < -0.3 is 0 Å². The molecule has 0 aromatic heterocycles. The van der Waals surface area contributed by atoms with Crippen molar-refractivity contribution >= 4 is 37.7 Å². The van der Waals surface area contributed by atoms with E-state index in [-0.39, 0.29) is 9.77 Å². The molecule has 0 N–H and O–H groups in total. The fourth-order valence-corrected chi connectivity index (χ4v) is 38.3. The third kappa shape index (κ3) is 7.54. The summed E-state index contributed by atoms with van der Waals surface area (Å²) in [7, 11) is -3.78. The molecule has 55 heavy (non-hydrogen) atoms. The minimum atomic E-state index is -1.96. The van der Waals surface area contributed by atoms with Gasteiger partial charge in [-0.1, -0.05) is 104 Å². The van der Waals surface area contributed by atoms with Crippen LogP contribution in [0.3, 0.4) is 0 Å². The predicted molar refractivity (Wildman–Crippen MR) is 248 cm³/mol. The molecule has 0 spiro atoms. The lowest BCUT2D eigenvalue weighted by atomic mass is 9.65. The van der Waals surface area contributed by atoms with Crippen molar-refractivity contribution in [2.45, 2.75) is 230 Å². The van der Waals surface area contributed by atoms with Gasteiger partial charge >= 0.3 is 0 Å². The fourth-order valence-electron chi connectivity index (χ4n) is 15.3.